The monoisotopic (exact) mass is 180 g/mol. The van der Waals surface area contributed by atoms with Crippen LogP contribution >= 0.6 is 0 Å². The maximum absolute atomic E-state index is 11.3. The number of amides is 1. The minimum atomic E-state index is -1.11. The van der Waals surface area contributed by atoms with E-state index in [2.05, 4.69) is 5.32 Å². The molecule has 0 spiro atoms. The van der Waals surface area contributed by atoms with E-state index in [0.29, 0.717) is 13.0 Å². The van der Waals surface area contributed by atoms with Gasteiger partial charge in [-0.25, -0.2) is 0 Å². The fraction of sp³-hybridized carbons (Fsp3) is 0.556. The topological polar surface area (TPSA) is 69.2 Å². The fourth-order valence-corrected chi connectivity index (χ4v) is 2.12. The Morgan fingerprint density at radius 3 is 3.08 bits per heavy atom. The van der Waals surface area contributed by atoms with Gasteiger partial charge < -0.3 is 15.2 Å². The van der Waals surface area contributed by atoms with E-state index in [9.17, 15) is 14.7 Å². The molecular weight excluding hydrogens is 170 g/mol. The molecule has 0 aromatic carbocycles. The summed E-state index contributed by atoms with van der Waals surface area (Å²) in [6.45, 7) is 0.559. The lowest BCUT2D eigenvalue weighted by atomic mass is 9.77. The van der Waals surface area contributed by atoms with Crippen LogP contribution in [0.25, 0.3) is 0 Å². The van der Waals surface area contributed by atoms with Gasteiger partial charge in [0, 0.05) is 24.3 Å². The summed E-state index contributed by atoms with van der Waals surface area (Å²) < 4.78 is 0. The first-order chi connectivity index (χ1) is 6.20. The molecule has 13 heavy (non-hydrogen) atoms. The third-order valence-electron chi connectivity index (χ3n) is 2.79. The van der Waals surface area contributed by atoms with E-state index in [1.54, 1.807) is 0 Å². The number of fused-ring (bicyclic) bond motifs is 1. The zero-order chi connectivity index (χ0) is 9.42. The van der Waals surface area contributed by atoms with Crippen LogP contribution in [-0.4, -0.2) is 18.4 Å². The summed E-state index contributed by atoms with van der Waals surface area (Å²) in [7, 11) is 0. The second kappa shape index (κ2) is 2.87. The van der Waals surface area contributed by atoms with Crippen LogP contribution in [0.15, 0.2) is 12.2 Å². The van der Waals surface area contributed by atoms with E-state index in [0.717, 1.165) is 0 Å². The zero-order valence-electron chi connectivity index (χ0n) is 7.03. The predicted molar refractivity (Wildman–Crippen MR) is 42.2 cm³/mol. The molecule has 0 bridgehead atoms. The summed E-state index contributed by atoms with van der Waals surface area (Å²) in [5.74, 6) is -2.27. The van der Waals surface area contributed by atoms with Gasteiger partial charge in [-0.05, 0) is 6.42 Å². The first-order valence-corrected chi connectivity index (χ1v) is 4.35. The Hall–Kier alpha value is -1.32. The van der Waals surface area contributed by atoms with E-state index in [4.69, 9.17) is 0 Å². The Kier molecular flexibility index (Phi) is 1.83. The van der Waals surface area contributed by atoms with Gasteiger partial charge in [-0.1, -0.05) is 12.2 Å². The van der Waals surface area contributed by atoms with Crippen LogP contribution in [0.4, 0.5) is 0 Å². The molecule has 1 heterocycles. The fourth-order valence-electron chi connectivity index (χ4n) is 2.12. The minimum Gasteiger partial charge on any atom is -0.550 e. The van der Waals surface area contributed by atoms with Gasteiger partial charge in [0.15, 0.2) is 0 Å². The van der Waals surface area contributed by atoms with Crippen LogP contribution in [0, 0.1) is 17.8 Å². The van der Waals surface area contributed by atoms with Crippen molar-refractivity contribution in [2.45, 2.75) is 6.42 Å². The quantitative estimate of drug-likeness (QED) is 0.508. The first-order valence-electron chi connectivity index (χ1n) is 4.35. The van der Waals surface area contributed by atoms with E-state index in [-0.39, 0.29) is 11.8 Å². The Morgan fingerprint density at radius 2 is 2.38 bits per heavy atom. The number of rotatable bonds is 1. The second-order valence-corrected chi connectivity index (χ2v) is 3.52. The van der Waals surface area contributed by atoms with Crippen LogP contribution in [0.3, 0.4) is 0 Å². The largest absolute Gasteiger partial charge is 0.550 e. The number of carbonyl (C=O) groups is 2. The summed E-state index contributed by atoms with van der Waals surface area (Å²) in [6.07, 6.45) is 4.15. The van der Waals surface area contributed by atoms with Crippen molar-refractivity contribution in [3.63, 3.8) is 0 Å². The number of allylic oxidation sites excluding steroid dienone is 1. The molecule has 0 saturated carbocycles. The van der Waals surface area contributed by atoms with Gasteiger partial charge in [-0.3, -0.25) is 4.79 Å². The van der Waals surface area contributed by atoms with Gasteiger partial charge in [0.25, 0.3) is 0 Å². The van der Waals surface area contributed by atoms with Crippen molar-refractivity contribution in [1.82, 2.24) is 5.32 Å². The van der Waals surface area contributed by atoms with E-state index < -0.39 is 17.8 Å². The molecule has 3 atom stereocenters. The SMILES string of the molecule is O=C([O-])C1CC=CC2CNC(=O)C21. The van der Waals surface area contributed by atoms with Gasteiger partial charge >= 0.3 is 0 Å². The number of carbonyl (C=O) groups excluding carboxylic acids is 2. The van der Waals surface area contributed by atoms with Crippen LogP contribution in [0.1, 0.15) is 6.42 Å². The summed E-state index contributed by atoms with van der Waals surface area (Å²) in [5, 5.41) is 13.4. The number of carboxylic acid groups (broad SMARTS) is 1. The first kappa shape index (κ1) is 8.29. The van der Waals surface area contributed by atoms with Crippen molar-refractivity contribution in [3.05, 3.63) is 12.2 Å². The predicted octanol–water partition coefficient (Wildman–Crippen LogP) is -1.33. The third kappa shape index (κ3) is 1.22. The molecule has 1 aliphatic heterocycles. The number of carboxylic acids is 1. The van der Waals surface area contributed by atoms with Crippen LogP contribution < -0.4 is 10.4 Å². The average Bonchev–Trinajstić information content (AvgIpc) is 2.48. The number of aliphatic carboxylic acids is 1. The molecule has 2 aliphatic rings. The van der Waals surface area contributed by atoms with Crippen molar-refractivity contribution in [2.24, 2.45) is 17.8 Å². The van der Waals surface area contributed by atoms with E-state index in [1.807, 2.05) is 12.2 Å². The molecule has 2 rings (SSSR count). The number of hydrogen-bond donors (Lipinski definition) is 1. The Morgan fingerprint density at radius 1 is 1.62 bits per heavy atom. The molecule has 1 N–H and O–H groups in total. The molecule has 3 unspecified atom stereocenters. The molecule has 1 aliphatic carbocycles. The molecule has 4 nitrogen and oxygen atoms in total. The highest BCUT2D eigenvalue weighted by Crippen LogP contribution is 2.33. The van der Waals surface area contributed by atoms with Crippen molar-refractivity contribution >= 4 is 11.9 Å². The third-order valence-corrected chi connectivity index (χ3v) is 2.79. The zero-order valence-corrected chi connectivity index (χ0v) is 7.03. The lowest BCUT2D eigenvalue weighted by Gasteiger charge is -2.28. The van der Waals surface area contributed by atoms with E-state index >= 15 is 0 Å². The van der Waals surface area contributed by atoms with Gasteiger partial charge in [0.05, 0.1) is 5.92 Å². The summed E-state index contributed by atoms with van der Waals surface area (Å²) >= 11 is 0. The van der Waals surface area contributed by atoms with Crippen molar-refractivity contribution in [1.29, 1.82) is 0 Å². The van der Waals surface area contributed by atoms with Gasteiger partial charge in [0.2, 0.25) is 5.91 Å². The number of hydrogen-bond acceptors (Lipinski definition) is 3. The molecule has 0 aromatic rings. The highest BCUT2D eigenvalue weighted by atomic mass is 16.4. The normalized spacial score (nSPS) is 36.9. The molecule has 1 amide bonds. The summed E-state index contributed by atoms with van der Waals surface area (Å²) in [5.41, 5.74) is 0. The Balaban J connectivity index is 2.27. The molecule has 4 heteroatoms. The average molecular weight is 180 g/mol. The molecule has 70 valence electrons. The molecule has 0 radical (unpaired) electrons. The van der Waals surface area contributed by atoms with Crippen LogP contribution in [-0.2, 0) is 9.59 Å². The Labute approximate surface area is 75.6 Å². The maximum Gasteiger partial charge on any atom is 0.224 e. The van der Waals surface area contributed by atoms with Gasteiger partial charge in [0.1, 0.15) is 0 Å². The number of nitrogens with one attached hydrogen (secondary N) is 1. The van der Waals surface area contributed by atoms with E-state index in [1.165, 1.54) is 0 Å². The maximum atomic E-state index is 11.3. The molecule has 0 aromatic heterocycles. The lowest BCUT2D eigenvalue weighted by molar-refractivity contribution is -0.313. The standard InChI is InChI=1S/C9H11NO3/c11-8-7-5(4-10-8)2-1-3-6(7)9(12)13/h1-2,5-7H,3-4H2,(H,10,11)(H,12,13)/p-1. The highest BCUT2D eigenvalue weighted by molar-refractivity contribution is 5.86. The van der Waals surface area contributed by atoms with Crippen molar-refractivity contribution in [3.8, 4) is 0 Å². The molecular formula is C9H10NO3-. The van der Waals surface area contributed by atoms with Crippen LogP contribution in [0.5, 0.6) is 0 Å². The van der Waals surface area contributed by atoms with Crippen molar-refractivity contribution < 1.29 is 14.7 Å². The van der Waals surface area contributed by atoms with Crippen molar-refractivity contribution in [2.75, 3.05) is 6.54 Å². The smallest absolute Gasteiger partial charge is 0.224 e. The molecule has 1 fully saturated rings. The lowest BCUT2D eigenvalue weighted by Crippen LogP contribution is -2.41. The highest BCUT2D eigenvalue weighted by Gasteiger charge is 2.40. The Bertz CT molecular complexity index is 285. The van der Waals surface area contributed by atoms with Crippen LogP contribution in [0.2, 0.25) is 0 Å². The summed E-state index contributed by atoms with van der Waals surface area (Å²) in [6, 6.07) is 0. The second-order valence-electron chi connectivity index (χ2n) is 3.52. The summed E-state index contributed by atoms with van der Waals surface area (Å²) in [4.78, 5) is 22.0. The minimum absolute atomic E-state index is 0.0455. The van der Waals surface area contributed by atoms with Gasteiger partial charge in [-0.15, -0.1) is 0 Å². The van der Waals surface area contributed by atoms with Gasteiger partial charge in [-0.2, -0.15) is 0 Å². The molecule has 1 saturated heterocycles.